The molecule has 11 nitrogen and oxygen atoms in total. The van der Waals surface area contributed by atoms with Crippen molar-refractivity contribution in [3.8, 4) is 22.5 Å². The Kier molecular flexibility index (Phi) is 7.20. The molecule has 0 spiro atoms. The minimum atomic E-state index is -0.910. The summed E-state index contributed by atoms with van der Waals surface area (Å²) in [6.07, 6.45) is 2.23. The maximum atomic E-state index is 12.3. The molecule has 0 atom stereocenters. The third-order valence-corrected chi connectivity index (χ3v) is 5.18. The highest BCUT2D eigenvalue weighted by molar-refractivity contribution is 5.67. The van der Waals surface area contributed by atoms with Crippen LogP contribution >= 0.6 is 0 Å². The van der Waals surface area contributed by atoms with Gasteiger partial charge in [0.05, 0.1) is 21.2 Å². The molecule has 0 fully saturated rings. The average Bonchev–Trinajstić information content (AvgIpc) is 2.91. The van der Waals surface area contributed by atoms with Gasteiger partial charge >= 0.3 is 6.16 Å². The first-order valence-corrected chi connectivity index (χ1v) is 10.6. The van der Waals surface area contributed by atoms with Crippen molar-refractivity contribution in [3.05, 3.63) is 117 Å². The molecule has 0 N–H and O–H groups in total. The number of carbonyl (C=O) groups excluding carboxylic acids is 1. The van der Waals surface area contributed by atoms with Crippen LogP contribution in [0.2, 0.25) is 0 Å². The predicted molar refractivity (Wildman–Crippen MR) is 128 cm³/mol. The van der Waals surface area contributed by atoms with Crippen molar-refractivity contribution in [1.82, 2.24) is 9.97 Å². The zero-order valence-electron chi connectivity index (χ0n) is 18.6. The lowest BCUT2D eigenvalue weighted by Gasteiger charge is -2.11. The van der Waals surface area contributed by atoms with E-state index >= 15 is 0 Å². The molecule has 180 valence electrons. The van der Waals surface area contributed by atoms with Crippen LogP contribution in [0, 0.1) is 20.2 Å². The first-order valence-electron chi connectivity index (χ1n) is 10.6. The van der Waals surface area contributed by atoms with Gasteiger partial charge in [-0.1, -0.05) is 12.1 Å². The number of pyridine rings is 2. The van der Waals surface area contributed by atoms with E-state index < -0.39 is 16.0 Å². The Labute approximate surface area is 204 Å². The summed E-state index contributed by atoms with van der Waals surface area (Å²) in [6, 6.07) is 18.6. The highest BCUT2D eigenvalue weighted by Crippen LogP contribution is 2.26. The van der Waals surface area contributed by atoms with Crippen LogP contribution in [0.4, 0.5) is 16.2 Å². The summed E-state index contributed by atoms with van der Waals surface area (Å²) in [5.41, 5.74) is 3.42. The summed E-state index contributed by atoms with van der Waals surface area (Å²) in [7, 11) is 0. The van der Waals surface area contributed by atoms with Gasteiger partial charge in [0.2, 0.25) is 0 Å². The Morgan fingerprint density at radius 1 is 0.667 bits per heavy atom. The van der Waals surface area contributed by atoms with Crippen LogP contribution < -0.4 is 0 Å². The number of hydrogen-bond donors (Lipinski definition) is 0. The first-order chi connectivity index (χ1) is 17.4. The molecule has 0 saturated heterocycles. The maximum absolute atomic E-state index is 12.3. The standard InChI is InChI=1S/C25H18N4O7/c30-25(35-15-19-3-1-13-26-23(19)17-5-9-21(10-6-17)28(31)32)36-16-20-4-2-14-27-24(20)18-7-11-22(12-8-18)29(33)34/h1-14H,15-16H2. The third kappa shape index (κ3) is 5.65. The van der Waals surface area contributed by atoms with Crippen LogP contribution in [0.25, 0.3) is 22.5 Å². The molecule has 4 aromatic rings. The first kappa shape index (κ1) is 24.0. The fourth-order valence-corrected chi connectivity index (χ4v) is 3.43. The Morgan fingerprint density at radius 2 is 1.06 bits per heavy atom. The molecule has 0 aliphatic carbocycles. The zero-order valence-corrected chi connectivity index (χ0v) is 18.6. The van der Waals surface area contributed by atoms with Crippen LogP contribution in [0.3, 0.4) is 0 Å². The van der Waals surface area contributed by atoms with Gasteiger partial charge in [-0.25, -0.2) is 4.79 Å². The van der Waals surface area contributed by atoms with E-state index in [1.807, 2.05) is 0 Å². The Balaban J connectivity index is 1.40. The van der Waals surface area contributed by atoms with Crippen LogP contribution in [0.1, 0.15) is 11.1 Å². The van der Waals surface area contributed by atoms with E-state index in [1.54, 1.807) is 60.9 Å². The van der Waals surface area contributed by atoms with Gasteiger partial charge in [0.25, 0.3) is 11.4 Å². The van der Waals surface area contributed by atoms with Gasteiger partial charge in [-0.3, -0.25) is 30.2 Å². The van der Waals surface area contributed by atoms with E-state index in [-0.39, 0.29) is 24.6 Å². The number of aromatic nitrogens is 2. The molecule has 0 aliphatic heterocycles. The summed E-state index contributed by atoms with van der Waals surface area (Å²) in [6.45, 7) is -0.248. The summed E-state index contributed by atoms with van der Waals surface area (Å²) in [5.74, 6) is 0. The molecular weight excluding hydrogens is 468 g/mol. The van der Waals surface area contributed by atoms with E-state index in [2.05, 4.69) is 9.97 Å². The van der Waals surface area contributed by atoms with E-state index in [9.17, 15) is 25.0 Å². The molecule has 4 rings (SSSR count). The van der Waals surface area contributed by atoms with Crippen molar-refractivity contribution >= 4 is 17.5 Å². The van der Waals surface area contributed by atoms with Crippen molar-refractivity contribution in [1.29, 1.82) is 0 Å². The van der Waals surface area contributed by atoms with Gasteiger partial charge in [0, 0.05) is 58.9 Å². The third-order valence-electron chi connectivity index (χ3n) is 5.18. The van der Waals surface area contributed by atoms with Gasteiger partial charge in [-0.15, -0.1) is 0 Å². The van der Waals surface area contributed by atoms with Crippen molar-refractivity contribution in [2.45, 2.75) is 13.2 Å². The molecule has 2 aromatic heterocycles. The van der Waals surface area contributed by atoms with Gasteiger partial charge in [-0.05, 0) is 36.4 Å². The van der Waals surface area contributed by atoms with Gasteiger partial charge in [0.1, 0.15) is 13.2 Å². The second-order valence-corrected chi connectivity index (χ2v) is 7.46. The molecule has 36 heavy (non-hydrogen) atoms. The van der Waals surface area contributed by atoms with E-state index in [1.165, 1.54) is 24.3 Å². The number of carbonyl (C=O) groups is 1. The van der Waals surface area contributed by atoms with Crippen LogP contribution in [-0.2, 0) is 22.7 Å². The average molecular weight is 486 g/mol. The number of nitro benzene ring substituents is 2. The highest BCUT2D eigenvalue weighted by Gasteiger charge is 2.14. The number of nitrogens with zero attached hydrogens (tertiary/aromatic N) is 4. The SMILES string of the molecule is O=C(OCc1cccnc1-c1ccc([N+](=O)[O-])cc1)OCc1cccnc1-c1ccc([N+](=O)[O-])cc1. The van der Waals surface area contributed by atoms with E-state index in [4.69, 9.17) is 9.47 Å². The minimum Gasteiger partial charge on any atom is -0.429 e. The number of ether oxygens (including phenoxy) is 2. The van der Waals surface area contributed by atoms with E-state index in [0.717, 1.165) is 0 Å². The normalized spacial score (nSPS) is 10.4. The lowest BCUT2D eigenvalue weighted by molar-refractivity contribution is -0.385. The topological polar surface area (TPSA) is 148 Å². The van der Waals surface area contributed by atoms with Crippen molar-refractivity contribution in [3.63, 3.8) is 0 Å². The molecule has 2 aromatic carbocycles. The lowest BCUT2D eigenvalue weighted by atomic mass is 10.1. The summed E-state index contributed by atoms with van der Waals surface area (Å²) < 4.78 is 10.5. The lowest BCUT2D eigenvalue weighted by Crippen LogP contribution is -2.09. The molecule has 11 heteroatoms. The smallest absolute Gasteiger partial charge is 0.429 e. The highest BCUT2D eigenvalue weighted by atomic mass is 16.7. The summed E-state index contributed by atoms with van der Waals surface area (Å²) >= 11 is 0. The molecule has 0 radical (unpaired) electrons. The zero-order chi connectivity index (χ0) is 25.5. The Morgan fingerprint density at radius 3 is 1.42 bits per heavy atom. The van der Waals surface area contributed by atoms with Crippen molar-refractivity contribution < 1.29 is 24.1 Å². The predicted octanol–water partition coefficient (Wildman–Crippen LogP) is 5.48. The quantitative estimate of drug-likeness (QED) is 0.179. The molecule has 0 unspecified atom stereocenters. The number of non-ortho nitro benzene ring substituents is 2. The number of nitro groups is 2. The van der Waals surface area contributed by atoms with E-state index in [0.29, 0.717) is 33.6 Å². The van der Waals surface area contributed by atoms with Crippen molar-refractivity contribution in [2.24, 2.45) is 0 Å². The fourth-order valence-electron chi connectivity index (χ4n) is 3.43. The molecule has 0 aliphatic rings. The minimum absolute atomic E-state index is 0.0421. The number of hydrogen-bond acceptors (Lipinski definition) is 9. The second-order valence-electron chi connectivity index (χ2n) is 7.46. The monoisotopic (exact) mass is 486 g/mol. The van der Waals surface area contributed by atoms with Crippen LogP contribution in [0.15, 0.2) is 85.2 Å². The molecular formula is C25H18N4O7. The van der Waals surface area contributed by atoms with Gasteiger partial charge < -0.3 is 9.47 Å². The van der Waals surface area contributed by atoms with Crippen LogP contribution in [0.5, 0.6) is 0 Å². The van der Waals surface area contributed by atoms with Crippen LogP contribution in [-0.4, -0.2) is 26.0 Å². The largest absolute Gasteiger partial charge is 0.508 e. The molecule has 0 amide bonds. The Hall–Kier alpha value is -5.19. The second kappa shape index (κ2) is 10.8. The number of rotatable bonds is 8. The molecule has 2 heterocycles. The number of benzene rings is 2. The maximum Gasteiger partial charge on any atom is 0.508 e. The molecule has 0 saturated carbocycles. The Bertz CT molecular complexity index is 1300. The van der Waals surface area contributed by atoms with Gasteiger partial charge in [-0.2, -0.15) is 0 Å². The van der Waals surface area contributed by atoms with Gasteiger partial charge in [0.15, 0.2) is 0 Å². The molecule has 0 bridgehead atoms. The summed E-state index contributed by atoms with van der Waals surface area (Å²) in [5, 5.41) is 21.8. The van der Waals surface area contributed by atoms with Crippen molar-refractivity contribution in [2.75, 3.05) is 0 Å². The fraction of sp³-hybridized carbons (Fsp3) is 0.0800. The summed E-state index contributed by atoms with van der Waals surface area (Å²) in [4.78, 5) is 41.7.